The molecule has 0 saturated heterocycles. The second-order valence-corrected chi connectivity index (χ2v) is 6.60. The Labute approximate surface area is 182 Å². The van der Waals surface area contributed by atoms with Gasteiger partial charge >= 0.3 is 5.97 Å². The topological polar surface area (TPSA) is 158 Å². The van der Waals surface area contributed by atoms with E-state index in [0.717, 1.165) is 5.56 Å². The minimum Gasteiger partial charge on any atom is -0.473 e. The summed E-state index contributed by atoms with van der Waals surface area (Å²) in [7, 11) is 0. The molecule has 4 N–H and O–H groups in total. The summed E-state index contributed by atoms with van der Waals surface area (Å²) in [6.07, 6.45) is 4.77. The summed E-state index contributed by atoms with van der Waals surface area (Å²) in [4.78, 5) is 37.0. The number of nitrogens with one attached hydrogen (secondary N) is 2. The highest BCUT2D eigenvalue weighted by molar-refractivity contribution is 6.08. The monoisotopic (exact) mass is 433 g/mol. The molecular formula is C21H19N7O4. The van der Waals surface area contributed by atoms with E-state index < -0.39 is 11.9 Å². The van der Waals surface area contributed by atoms with Crippen molar-refractivity contribution >= 4 is 34.5 Å². The Morgan fingerprint density at radius 3 is 2.81 bits per heavy atom. The molecule has 162 valence electrons. The lowest BCUT2D eigenvalue weighted by Gasteiger charge is -2.07. The molecule has 4 aromatic rings. The Bertz CT molecular complexity index is 1260. The van der Waals surface area contributed by atoms with E-state index in [1.807, 2.05) is 12.1 Å². The minimum atomic E-state index is -0.607. The molecule has 0 aliphatic rings. The molecule has 0 radical (unpaired) electrons. The predicted molar refractivity (Wildman–Crippen MR) is 115 cm³/mol. The maximum absolute atomic E-state index is 12.6. The quantitative estimate of drug-likeness (QED) is 0.372. The van der Waals surface area contributed by atoms with Gasteiger partial charge in [-0.1, -0.05) is 6.07 Å². The summed E-state index contributed by atoms with van der Waals surface area (Å²) < 4.78 is 10.6. The van der Waals surface area contributed by atoms with Gasteiger partial charge in [-0.3, -0.25) is 14.9 Å². The number of H-pyrrole nitrogens is 1. The molecule has 0 aromatic carbocycles. The van der Waals surface area contributed by atoms with Gasteiger partial charge in [0.15, 0.2) is 11.5 Å². The minimum absolute atomic E-state index is 0.00329. The van der Waals surface area contributed by atoms with E-state index in [-0.39, 0.29) is 23.8 Å². The summed E-state index contributed by atoms with van der Waals surface area (Å²) in [5, 5.41) is 9.82. The molecule has 0 spiro atoms. The van der Waals surface area contributed by atoms with Crippen LogP contribution in [0.25, 0.3) is 11.0 Å². The van der Waals surface area contributed by atoms with E-state index >= 15 is 0 Å². The molecule has 4 rings (SSSR count). The smallest absolute Gasteiger partial charge is 0.341 e. The number of hydrogen-bond donors (Lipinski definition) is 3. The van der Waals surface area contributed by atoms with Crippen LogP contribution in [0.5, 0.6) is 5.88 Å². The summed E-state index contributed by atoms with van der Waals surface area (Å²) in [6.45, 7) is 2.19. The molecular weight excluding hydrogens is 414 g/mol. The van der Waals surface area contributed by atoms with Gasteiger partial charge in [-0.15, -0.1) is 0 Å². The van der Waals surface area contributed by atoms with Crippen molar-refractivity contribution in [3.05, 3.63) is 65.6 Å². The van der Waals surface area contributed by atoms with Crippen LogP contribution in [0.2, 0.25) is 0 Å². The second kappa shape index (κ2) is 9.08. The van der Waals surface area contributed by atoms with Crippen LogP contribution in [0, 0.1) is 0 Å². The molecule has 11 heteroatoms. The van der Waals surface area contributed by atoms with E-state index in [2.05, 4.69) is 30.5 Å². The van der Waals surface area contributed by atoms with Gasteiger partial charge in [0.25, 0.3) is 5.91 Å². The van der Waals surface area contributed by atoms with E-state index in [9.17, 15) is 9.59 Å². The second-order valence-electron chi connectivity index (χ2n) is 6.60. The summed E-state index contributed by atoms with van der Waals surface area (Å²) in [5.41, 5.74) is 7.43. The number of fused-ring (bicyclic) bond motifs is 1. The molecule has 0 saturated carbocycles. The number of nitrogen functional groups attached to an aromatic ring is 1. The number of nitrogens with two attached hydrogens (primary N) is 1. The third-order valence-electron chi connectivity index (χ3n) is 4.42. The summed E-state index contributed by atoms with van der Waals surface area (Å²) in [6, 6.07) is 8.35. The molecule has 0 atom stereocenters. The molecule has 32 heavy (non-hydrogen) atoms. The van der Waals surface area contributed by atoms with Gasteiger partial charge in [0.2, 0.25) is 5.88 Å². The number of aromatic amines is 1. The number of carbonyl (C=O) groups excluding carboxylic acids is 2. The number of nitrogens with zero attached hydrogens (tertiary/aromatic N) is 4. The number of carbonyl (C=O) groups is 2. The van der Waals surface area contributed by atoms with Crippen LogP contribution < -0.4 is 15.8 Å². The van der Waals surface area contributed by atoms with Crippen molar-refractivity contribution < 1.29 is 19.1 Å². The zero-order valence-electron chi connectivity index (χ0n) is 17.0. The SMILES string of the molecule is CCOC(=O)c1cc2c(NC(=O)c3ccc(OCc4cccnc4)nc3)n[nH]c2nc1N. The normalized spacial score (nSPS) is 10.7. The first-order chi connectivity index (χ1) is 15.5. The van der Waals surface area contributed by atoms with Crippen LogP contribution in [0.1, 0.15) is 33.2 Å². The fourth-order valence-electron chi connectivity index (χ4n) is 2.85. The standard InChI is InChI=1S/C21H19N7O4/c1-2-31-21(30)14-8-15-18(25-17(14)22)27-28-19(15)26-20(29)13-5-6-16(24-10-13)32-11-12-4-3-7-23-9-12/h3-10H,2,11H2,1H3,(H4,22,25,26,27,28,29). The third-order valence-corrected chi connectivity index (χ3v) is 4.42. The number of rotatable bonds is 7. The molecule has 4 aromatic heterocycles. The number of aromatic nitrogens is 5. The van der Waals surface area contributed by atoms with Crippen LogP contribution in [0.3, 0.4) is 0 Å². The van der Waals surface area contributed by atoms with E-state index in [1.54, 1.807) is 31.5 Å². The molecule has 0 aliphatic carbocycles. The van der Waals surface area contributed by atoms with Crippen LogP contribution in [-0.4, -0.2) is 43.6 Å². The lowest BCUT2D eigenvalue weighted by Crippen LogP contribution is -2.13. The molecule has 0 fully saturated rings. The fraction of sp³-hybridized carbons (Fsp3) is 0.143. The van der Waals surface area contributed by atoms with E-state index in [0.29, 0.717) is 29.1 Å². The largest absolute Gasteiger partial charge is 0.473 e. The van der Waals surface area contributed by atoms with Crippen molar-refractivity contribution in [2.45, 2.75) is 13.5 Å². The van der Waals surface area contributed by atoms with Crippen molar-refractivity contribution in [3.8, 4) is 5.88 Å². The van der Waals surface area contributed by atoms with Gasteiger partial charge in [-0.25, -0.2) is 14.8 Å². The molecule has 0 unspecified atom stereocenters. The number of pyridine rings is 3. The van der Waals surface area contributed by atoms with E-state index in [4.69, 9.17) is 15.2 Å². The molecule has 0 bridgehead atoms. The van der Waals surface area contributed by atoms with Gasteiger partial charge in [0.05, 0.1) is 17.6 Å². The molecule has 11 nitrogen and oxygen atoms in total. The first-order valence-corrected chi connectivity index (χ1v) is 9.66. The van der Waals surface area contributed by atoms with Crippen LogP contribution >= 0.6 is 0 Å². The van der Waals surface area contributed by atoms with Crippen LogP contribution in [0.15, 0.2) is 48.9 Å². The fourth-order valence-corrected chi connectivity index (χ4v) is 2.85. The lowest BCUT2D eigenvalue weighted by molar-refractivity contribution is 0.0527. The Morgan fingerprint density at radius 1 is 1.22 bits per heavy atom. The molecule has 1 amide bonds. The highest BCUT2D eigenvalue weighted by Gasteiger charge is 2.18. The predicted octanol–water partition coefficient (Wildman–Crippen LogP) is 2.34. The van der Waals surface area contributed by atoms with Crippen molar-refractivity contribution in [1.82, 2.24) is 25.1 Å². The van der Waals surface area contributed by atoms with Gasteiger partial charge in [0.1, 0.15) is 18.0 Å². The first-order valence-electron chi connectivity index (χ1n) is 9.66. The summed E-state index contributed by atoms with van der Waals surface area (Å²) >= 11 is 0. The van der Waals surface area contributed by atoms with Crippen molar-refractivity contribution in [2.75, 3.05) is 17.7 Å². The number of amides is 1. The lowest BCUT2D eigenvalue weighted by atomic mass is 10.2. The number of esters is 1. The average molecular weight is 433 g/mol. The van der Waals surface area contributed by atoms with Gasteiger partial charge in [-0.2, -0.15) is 5.10 Å². The third kappa shape index (κ3) is 4.46. The Hall–Kier alpha value is -4.54. The summed E-state index contributed by atoms with van der Waals surface area (Å²) in [5.74, 6) is -0.485. The zero-order valence-corrected chi connectivity index (χ0v) is 17.0. The molecule has 0 aliphatic heterocycles. The number of anilines is 2. The highest BCUT2D eigenvalue weighted by Crippen LogP contribution is 2.24. The van der Waals surface area contributed by atoms with Gasteiger partial charge < -0.3 is 20.5 Å². The van der Waals surface area contributed by atoms with Crippen LogP contribution in [-0.2, 0) is 11.3 Å². The maximum atomic E-state index is 12.6. The van der Waals surface area contributed by atoms with Crippen LogP contribution in [0.4, 0.5) is 11.6 Å². The Morgan fingerprint density at radius 2 is 2.09 bits per heavy atom. The maximum Gasteiger partial charge on any atom is 0.341 e. The van der Waals surface area contributed by atoms with Crippen molar-refractivity contribution in [3.63, 3.8) is 0 Å². The molecule has 4 heterocycles. The number of hydrogen-bond acceptors (Lipinski definition) is 9. The highest BCUT2D eigenvalue weighted by atomic mass is 16.5. The zero-order chi connectivity index (χ0) is 22.5. The number of ether oxygens (including phenoxy) is 2. The average Bonchev–Trinajstić information content (AvgIpc) is 3.19. The van der Waals surface area contributed by atoms with Crippen molar-refractivity contribution in [2.24, 2.45) is 0 Å². The van der Waals surface area contributed by atoms with Gasteiger partial charge in [-0.05, 0) is 25.1 Å². The first kappa shape index (κ1) is 20.7. The van der Waals surface area contributed by atoms with Crippen molar-refractivity contribution in [1.29, 1.82) is 0 Å². The van der Waals surface area contributed by atoms with E-state index in [1.165, 1.54) is 12.3 Å². The van der Waals surface area contributed by atoms with Gasteiger partial charge in [0, 0.05) is 30.2 Å². The Balaban J connectivity index is 1.47. The Kier molecular flexibility index (Phi) is 5.88.